The average molecular weight is 360 g/mol. The largest absolute Gasteiger partial charge is 0.548 e. The molecule has 0 aromatic heterocycles. The summed E-state index contributed by atoms with van der Waals surface area (Å²) in [6, 6.07) is -1.24. The molecule has 6 heteroatoms. The summed E-state index contributed by atoms with van der Waals surface area (Å²) in [5, 5.41) is 13.4. The van der Waals surface area contributed by atoms with Gasteiger partial charge in [-0.1, -0.05) is 84.5 Å². The van der Waals surface area contributed by atoms with E-state index >= 15 is 0 Å². The predicted octanol–water partition coefficient (Wildman–Crippen LogP) is 2.89. The van der Waals surface area contributed by atoms with Gasteiger partial charge in [-0.2, -0.15) is 0 Å². The van der Waals surface area contributed by atoms with Crippen molar-refractivity contribution in [2.75, 3.05) is 6.54 Å². The number of amides is 1. The van der Waals surface area contributed by atoms with Crippen LogP contribution in [0.4, 0.5) is 0 Å². The highest BCUT2D eigenvalue weighted by molar-refractivity contribution is 5.85. The molecule has 0 aliphatic rings. The number of rotatable bonds is 16. The predicted molar refractivity (Wildman–Crippen MR) is 102 cm³/mol. The first kappa shape index (κ1) is 26.1. The van der Waals surface area contributed by atoms with Crippen LogP contribution >= 0.6 is 0 Å². The fraction of sp³-hybridized carbons (Fsp3) is 0.895. The van der Waals surface area contributed by atoms with Crippen molar-refractivity contribution in [1.29, 1.82) is 0 Å². The van der Waals surface area contributed by atoms with E-state index in [0.29, 0.717) is 6.54 Å². The summed E-state index contributed by atoms with van der Waals surface area (Å²) in [5.41, 5.74) is 5.38. The first-order chi connectivity index (χ1) is 11.5. The normalized spacial score (nSPS) is 12.9. The van der Waals surface area contributed by atoms with Gasteiger partial charge in [-0.25, -0.2) is 0 Å². The molecule has 0 aromatic rings. The van der Waals surface area contributed by atoms with Gasteiger partial charge in [-0.15, -0.1) is 0 Å². The Morgan fingerprint density at radius 1 is 0.880 bits per heavy atom. The van der Waals surface area contributed by atoms with Gasteiger partial charge in [0.2, 0.25) is 5.91 Å². The van der Waals surface area contributed by atoms with E-state index in [1.165, 1.54) is 71.1 Å². The van der Waals surface area contributed by atoms with Gasteiger partial charge >= 0.3 is 0 Å². The first-order valence-corrected chi connectivity index (χ1v) is 9.74. The van der Waals surface area contributed by atoms with Crippen LogP contribution in [-0.4, -0.2) is 24.5 Å². The van der Waals surface area contributed by atoms with Crippen LogP contribution in [-0.2, 0) is 9.59 Å². The standard InChI is InChI=1S/C19H38N2O3.H3N/c1-3-4-5-6-7-8-9-10-11-12-13-14-15-21-18(22)16(2)17(20)19(23)24;/h16-17H,3-15,20H2,1-2H3,(H,21,22)(H,23,24);1H3. The van der Waals surface area contributed by atoms with Crippen molar-refractivity contribution >= 4 is 11.9 Å². The Hall–Kier alpha value is -1.14. The molecule has 0 saturated heterocycles. The number of unbranched alkanes of at least 4 members (excludes halogenated alkanes) is 11. The van der Waals surface area contributed by atoms with Gasteiger partial charge in [0.25, 0.3) is 0 Å². The average Bonchev–Trinajstić information content (AvgIpc) is 2.57. The molecule has 2 atom stereocenters. The molecule has 1 amide bonds. The van der Waals surface area contributed by atoms with Crippen LogP contribution < -0.4 is 22.3 Å². The van der Waals surface area contributed by atoms with E-state index < -0.39 is 17.9 Å². The van der Waals surface area contributed by atoms with Gasteiger partial charge in [0, 0.05) is 6.54 Å². The number of carboxylic acids is 1. The smallest absolute Gasteiger partial charge is 0.224 e. The van der Waals surface area contributed by atoms with Crippen LogP contribution in [0, 0.1) is 5.92 Å². The lowest BCUT2D eigenvalue weighted by Gasteiger charge is -2.19. The maximum absolute atomic E-state index is 11.7. The van der Waals surface area contributed by atoms with Crippen molar-refractivity contribution in [3.05, 3.63) is 0 Å². The number of quaternary nitrogens is 1. The molecule has 25 heavy (non-hydrogen) atoms. The number of aliphatic carboxylic acids is 1. The Bertz CT molecular complexity index is 338. The third kappa shape index (κ3) is 14.9. The summed E-state index contributed by atoms with van der Waals surface area (Å²) < 4.78 is 0. The lowest BCUT2D eigenvalue weighted by atomic mass is 10.0. The van der Waals surface area contributed by atoms with Gasteiger partial charge < -0.3 is 27.1 Å². The molecule has 0 radical (unpaired) electrons. The zero-order valence-electron chi connectivity index (χ0n) is 16.6. The fourth-order valence-corrected chi connectivity index (χ4v) is 2.71. The van der Waals surface area contributed by atoms with Crippen LogP contribution in [0.5, 0.6) is 0 Å². The fourth-order valence-electron chi connectivity index (χ4n) is 2.71. The van der Waals surface area contributed by atoms with Crippen LogP contribution in [0.3, 0.4) is 0 Å². The number of carbonyl (C=O) groups is 2. The summed E-state index contributed by atoms with van der Waals surface area (Å²) in [7, 11) is 0. The van der Waals surface area contributed by atoms with Gasteiger partial charge in [0.15, 0.2) is 0 Å². The minimum atomic E-state index is -1.39. The molecular weight excluding hydrogens is 318 g/mol. The number of hydrogen-bond donors (Lipinski definition) is 3. The number of carbonyl (C=O) groups excluding carboxylic acids is 2. The summed E-state index contributed by atoms with van der Waals surface area (Å²) in [5.74, 6) is -2.45. The summed E-state index contributed by atoms with van der Waals surface area (Å²) in [4.78, 5) is 22.3. The van der Waals surface area contributed by atoms with E-state index in [9.17, 15) is 14.7 Å². The third-order valence-corrected chi connectivity index (χ3v) is 4.55. The topological polar surface area (TPSA) is 132 Å². The van der Waals surface area contributed by atoms with Crippen LogP contribution in [0.15, 0.2) is 0 Å². The lowest BCUT2D eigenvalue weighted by Crippen LogP contribution is -2.50. The van der Waals surface area contributed by atoms with Crippen molar-refractivity contribution in [3.63, 3.8) is 0 Å². The Morgan fingerprint density at radius 2 is 1.28 bits per heavy atom. The Labute approximate surface area is 153 Å². The number of nitrogens with one attached hydrogen (secondary N) is 1. The van der Waals surface area contributed by atoms with Gasteiger partial charge in [-0.3, -0.25) is 4.79 Å². The quantitative estimate of drug-likeness (QED) is 0.365. The Morgan fingerprint density at radius 3 is 1.68 bits per heavy atom. The summed E-state index contributed by atoms with van der Waals surface area (Å²) in [6.45, 7) is 4.34. The van der Waals surface area contributed by atoms with Crippen LogP contribution in [0.2, 0.25) is 0 Å². The van der Waals surface area contributed by atoms with E-state index in [0.717, 1.165) is 12.8 Å². The highest BCUT2D eigenvalue weighted by Gasteiger charge is 2.20. The van der Waals surface area contributed by atoms with Crippen molar-refractivity contribution in [3.8, 4) is 0 Å². The van der Waals surface area contributed by atoms with Gasteiger partial charge in [0.1, 0.15) is 0 Å². The second-order valence-corrected chi connectivity index (χ2v) is 6.81. The molecule has 0 bridgehead atoms. The zero-order valence-corrected chi connectivity index (χ0v) is 16.6. The number of hydrogen-bond acceptors (Lipinski definition) is 4. The molecule has 0 spiro atoms. The Balaban J connectivity index is 0. The molecule has 150 valence electrons. The monoisotopic (exact) mass is 359 g/mol. The lowest BCUT2D eigenvalue weighted by molar-refractivity contribution is -0.308. The van der Waals surface area contributed by atoms with Crippen molar-refractivity contribution in [1.82, 2.24) is 11.5 Å². The molecule has 0 saturated carbocycles. The number of nitrogens with two attached hydrogens (primary N) is 1. The first-order valence-electron chi connectivity index (χ1n) is 9.74. The molecule has 2 unspecified atom stereocenters. The maximum atomic E-state index is 11.7. The van der Waals surface area contributed by atoms with Crippen molar-refractivity contribution in [2.45, 2.75) is 96.9 Å². The summed E-state index contributed by atoms with van der Waals surface area (Å²) in [6.07, 6.45) is 15.3. The SMILES string of the molecule is CCCCCCCCCCCCCCNC(=O)C(C)C(N)C(=O)[O-].[NH4+]. The second-order valence-electron chi connectivity index (χ2n) is 6.81. The molecule has 6 nitrogen and oxygen atoms in total. The zero-order chi connectivity index (χ0) is 18.2. The second kappa shape index (κ2) is 17.7. The van der Waals surface area contributed by atoms with Crippen LogP contribution in [0.25, 0.3) is 0 Å². The third-order valence-electron chi connectivity index (χ3n) is 4.55. The molecule has 0 heterocycles. The van der Waals surface area contributed by atoms with E-state index in [1.54, 1.807) is 0 Å². The highest BCUT2D eigenvalue weighted by Crippen LogP contribution is 2.11. The van der Waals surface area contributed by atoms with Crippen molar-refractivity contribution in [2.24, 2.45) is 11.7 Å². The molecule has 0 aliphatic heterocycles. The highest BCUT2D eigenvalue weighted by atomic mass is 16.4. The van der Waals surface area contributed by atoms with E-state index in [1.807, 2.05) is 0 Å². The number of carboxylic acid groups (broad SMARTS) is 1. The minimum absolute atomic E-state index is 0. The van der Waals surface area contributed by atoms with E-state index in [-0.39, 0.29) is 12.1 Å². The molecule has 0 aliphatic carbocycles. The van der Waals surface area contributed by atoms with E-state index in [2.05, 4.69) is 12.2 Å². The van der Waals surface area contributed by atoms with Gasteiger partial charge in [-0.05, 0) is 6.42 Å². The molecule has 0 aromatic carbocycles. The molecular formula is C19H41N3O3. The maximum Gasteiger partial charge on any atom is 0.224 e. The molecule has 7 N–H and O–H groups in total. The van der Waals surface area contributed by atoms with Gasteiger partial charge in [0.05, 0.1) is 17.9 Å². The molecule has 0 fully saturated rings. The minimum Gasteiger partial charge on any atom is -0.548 e. The summed E-state index contributed by atoms with van der Waals surface area (Å²) >= 11 is 0. The molecule has 0 rings (SSSR count). The van der Waals surface area contributed by atoms with E-state index in [4.69, 9.17) is 5.73 Å². The van der Waals surface area contributed by atoms with Crippen LogP contribution in [0.1, 0.15) is 90.9 Å². The Kier molecular flexibility index (Phi) is 18.4. The van der Waals surface area contributed by atoms with Crippen molar-refractivity contribution < 1.29 is 14.7 Å².